The largest absolute Gasteiger partial charge is 0.486 e. The van der Waals surface area contributed by atoms with Gasteiger partial charge in [-0.3, -0.25) is 4.79 Å². The minimum absolute atomic E-state index is 0.129. The highest BCUT2D eigenvalue weighted by Crippen LogP contribution is 2.33. The van der Waals surface area contributed by atoms with Crippen molar-refractivity contribution in [2.24, 2.45) is 0 Å². The van der Waals surface area contributed by atoms with Crippen LogP contribution in [0.2, 0.25) is 10.0 Å². The predicted octanol–water partition coefficient (Wildman–Crippen LogP) is 5.12. The van der Waals surface area contributed by atoms with Crippen LogP contribution in [0.1, 0.15) is 22.8 Å². The Bertz CT molecular complexity index is 704. The zero-order chi connectivity index (χ0) is 15.6. The lowest BCUT2D eigenvalue weighted by Gasteiger charge is -2.14. The van der Waals surface area contributed by atoms with Crippen molar-refractivity contribution < 1.29 is 9.53 Å². The van der Waals surface area contributed by atoms with Crippen LogP contribution >= 0.6 is 39.1 Å². The van der Waals surface area contributed by atoms with Gasteiger partial charge in [0, 0.05) is 10.0 Å². The van der Waals surface area contributed by atoms with Gasteiger partial charge in [0.2, 0.25) is 0 Å². The third-order valence-electron chi connectivity index (χ3n) is 2.87. The van der Waals surface area contributed by atoms with Crippen molar-refractivity contribution >= 4 is 50.6 Å². The molecule has 0 aromatic heterocycles. The summed E-state index contributed by atoms with van der Waals surface area (Å²) in [5.74, 6) is 0.219. The molecule has 2 rings (SSSR count). The van der Waals surface area contributed by atoms with Gasteiger partial charge in [0.15, 0.2) is 11.5 Å². The summed E-state index contributed by atoms with van der Waals surface area (Å²) in [5.41, 5.74) is 7.45. The first-order valence-corrected chi connectivity index (χ1v) is 7.60. The first kappa shape index (κ1) is 16.1. The summed E-state index contributed by atoms with van der Waals surface area (Å²) in [6, 6.07) is 8.64. The zero-order valence-electron chi connectivity index (χ0n) is 11.1. The lowest BCUT2D eigenvalue weighted by atomic mass is 10.1. The number of ketones is 1. The molecule has 2 aromatic carbocycles. The molecule has 0 radical (unpaired) electrons. The van der Waals surface area contributed by atoms with E-state index in [0.29, 0.717) is 27.0 Å². The first-order valence-electron chi connectivity index (χ1n) is 6.05. The highest BCUT2D eigenvalue weighted by molar-refractivity contribution is 9.10. The van der Waals surface area contributed by atoms with Crippen LogP contribution in [-0.2, 0) is 6.61 Å². The smallest absolute Gasteiger partial charge is 0.163 e. The average Bonchev–Trinajstić information content (AvgIpc) is 2.41. The van der Waals surface area contributed by atoms with Crippen molar-refractivity contribution in [1.29, 1.82) is 0 Å². The van der Waals surface area contributed by atoms with E-state index >= 15 is 0 Å². The number of ether oxygens (including phenoxy) is 1. The van der Waals surface area contributed by atoms with Crippen molar-refractivity contribution in [3.63, 3.8) is 0 Å². The van der Waals surface area contributed by atoms with Gasteiger partial charge < -0.3 is 10.5 Å². The molecule has 0 heterocycles. The Morgan fingerprint density at radius 1 is 1.33 bits per heavy atom. The van der Waals surface area contributed by atoms with Gasteiger partial charge in [0.25, 0.3) is 0 Å². The van der Waals surface area contributed by atoms with Crippen molar-refractivity contribution in [3.8, 4) is 5.75 Å². The zero-order valence-corrected chi connectivity index (χ0v) is 14.2. The van der Waals surface area contributed by atoms with Gasteiger partial charge in [-0.25, -0.2) is 0 Å². The molecule has 0 fully saturated rings. The van der Waals surface area contributed by atoms with E-state index in [1.807, 2.05) is 0 Å². The quantitative estimate of drug-likeness (QED) is 0.584. The third kappa shape index (κ3) is 3.70. The number of halogens is 3. The molecular weight excluding hydrogens is 377 g/mol. The molecule has 0 saturated heterocycles. The topological polar surface area (TPSA) is 52.3 Å². The summed E-state index contributed by atoms with van der Waals surface area (Å²) in [4.78, 5) is 11.7. The number of Topliss-reactive ketones (excluding diaryl/α,β-unsaturated/α-hetero) is 1. The van der Waals surface area contributed by atoms with Gasteiger partial charge in [-0.05, 0) is 25.1 Å². The second-order valence-electron chi connectivity index (χ2n) is 4.43. The second-order valence-corrected chi connectivity index (χ2v) is 6.13. The molecule has 0 bridgehead atoms. The SMILES string of the molecule is CC(=O)c1cc(Br)cc(N)c1OCc1cccc(Cl)c1Cl. The van der Waals surface area contributed by atoms with Crippen LogP contribution in [0.5, 0.6) is 5.75 Å². The standard InChI is InChI=1S/C15H12BrCl2NO2/c1-8(20)11-5-10(16)6-13(19)15(11)21-7-9-3-2-4-12(17)14(9)18/h2-6H,7,19H2,1H3. The average molecular weight is 389 g/mol. The molecule has 6 heteroatoms. The van der Waals surface area contributed by atoms with Crippen molar-refractivity contribution in [2.75, 3.05) is 5.73 Å². The van der Waals surface area contributed by atoms with Gasteiger partial charge >= 0.3 is 0 Å². The molecule has 0 atom stereocenters. The number of rotatable bonds is 4. The van der Waals surface area contributed by atoms with E-state index in [-0.39, 0.29) is 12.4 Å². The molecule has 0 amide bonds. The highest BCUT2D eigenvalue weighted by Gasteiger charge is 2.14. The fourth-order valence-corrected chi connectivity index (χ4v) is 2.70. The fraction of sp³-hybridized carbons (Fsp3) is 0.133. The normalized spacial score (nSPS) is 10.5. The van der Waals surface area contributed by atoms with E-state index in [1.54, 1.807) is 30.3 Å². The van der Waals surface area contributed by atoms with E-state index in [4.69, 9.17) is 33.7 Å². The maximum atomic E-state index is 11.7. The van der Waals surface area contributed by atoms with Crippen molar-refractivity contribution in [2.45, 2.75) is 13.5 Å². The number of anilines is 1. The number of benzene rings is 2. The van der Waals surface area contributed by atoms with E-state index in [2.05, 4.69) is 15.9 Å². The molecule has 0 spiro atoms. The summed E-state index contributed by atoms with van der Waals surface area (Å²) in [6.45, 7) is 1.63. The van der Waals surface area contributed by atoms with Crippen LogP contribution in [0.3, 0.4) is 0 Å². The molecule has 0 saturated carbocycles. The molecular formula is C15H12BrCl2NO2. The number of nitrogens with two attached hydrogens (primary N) is 1. The Balaban J connectivity index is 2.32. The molecule has 0 unspecified atom stereocenters. The Labute approximate surface area is 141 Å². The van der Waals surface area contributed by atoms with E-state index < -0.39 is 0 Å². The Hall–Kier alpha value is -1.23. The Kier molecular flexibility index (Phi) is 5.14. The monoisotopic (exact) mass is 387 g/mol. The lowest BCUT2D eigenvalue weighted by Crippen LogP contribution is -2.05. The molecule has 2 N–H and O–H groups in total. The van der Waals surface area contributed by atoms with Gasteiger partial charge in [0.1, 0.15) is 6.61 Å². The highest BCUT2D eigenvalue weighted by atomic mass is 79.9. The van der Waals surface area contributed by atoms with Gasteiger partial charge in [-0.15, -0.1) is 0 Å². The number of hydrogen-bond acceptors (Lipinski definition) is 3. The summed E-state index contributed by atoms with van der Waals surface area (Å²) >= 11 is 15.4. The summed E-state index contributed by atoms with van der Waals surface area (Å²) in [5, 5.41) is 0.882. The number of carbonyl (C=O) groups is 1. The molecule has 0 aliphatic rings. The summed E-state index contributed by atoms with van der Waals surface area (Å²) in [6.07, 6.45) is 0. The summed E-state index contributed by atoms with van der Waals surface area (Å²) < 4.78 is 6.42. The van der Waals surface area contributed by atoms with E-state index in [0.717, 1.165) is 10.0 Å². The van der Waals surface area contributed by atoms with E-state index in [9.17, 15) is 4.79 Å². The number of carbonyl (C=O) groups excluding carboxylic acids is 1. The number of hydrogen-bond donors (Lipinski definition) is 1. The first-order chi connectivity index (χ1) is 9.90. The van der Waals surface area contributed by atoms with Crippen LogP contribution in [0, 0.1) is 0 Å². The molecule has 21 heavy (non-hydrogen) atoms. The van der Waals surface area contributed by atoms with Crippen LogP contribution in [-0.4, -0.2) is 5.78 Å². The maximum Gasteiger partial charge on any atom is 0.163 e. The Morgan fingerprint density at radius 2 is 2.05 bits per heavy atom. The lowest BCUT2D eigenvalue weighted by molar-refractivity contribution is 0.101. The van der Waals surface area contributed by atoms with Crippen LogP contribution < -0.4 is 10.5 Å². The second kappa shape index (κ2) is 6.69. The van der Waals surface area contributed by atoms with Crippen LogP contribution in [0.4, 0.5) is 5.69 Å². The van der Waals surface area contributed by atoms with Crippen molar-refractivity contribution in [3.05, 3.63) is 56.0 Å². The van der Waals surface area contributed by atoms with Gasteiger partial charge in [0.05, 0.1) is 21.3 Å². The van der Waals surface area contributed by atoms with Crippen molar-refractivity contribution in [1.82, 2.24) is 0 Å². The molecule has 0 aliphatic heterocycles. The minimum atomic E-state index is -0.129. The third-order valence-corrected chi connectivity index (χ3v) is 4.18. The predicted molar refractivity (Wildman–Crippen MR) is 89.4 cm³/mol. The molecule has 2 aromatic rings. The molecule has 0 aliphatic carbocycles. The van der Waals surface area contributed by atoms with Gasteiger partial charge in [-0.2, -0.15) is 0 Å². The number of nitrogen functional groups attached to an aromatic ring is 1. The van der Waals surface area contributed by atoms with Crippen LogP contribution in [0.15, 0.2) is 34.8 Å². The Morgan fingerprint density at radius 3 is 2.71 bits per heavy atom. The molecule has 3 nitrogen and oxygen atoms in total. The van der Waals surface area contributed by atoms with Gasteiger partial charge in [-0.1, -0.05) is 51.3 Å². The summed E-state index contributed by atoms with van der Waals surface area (Å²) in [7, 11) is 0. The maximum absolute atomic E-state index is 11.7. The van der Waals surface area contributed by atoms with Crippen LogP contribution in [0.25, 0.3) is 0 Å². The fourth-order valence-electron chi connectivity index (χ4n) is 1.85. The molecule has 110 valence electrons. The minimum Gasteiger partial charge on any atom is -0.486 e. The van der Waals surface area contributed by atoms with E-state index in [1.165, 1.54) is 6.92 Å².